The maximum Gasteiger partial charge on any atom is 0.330 e. The molecular formula is C8H11BrO4. The van der Waals surface area contributed by atoms with Crippen LogP contribution in [0, 0.1) is 0 Å². The predicted molar refractivity (Wildman–Crippen MR) is 50.5 cm³/mol. The molecule has 0 bridgehead atoms. The van der Waals surface area contributed by atoms with Crippen molar-refractivity contribution in [2.24, 2.45) is 0 Å². The smallest absolute Gasteiger partial charge is 0.330 e. The second-order valence-electron chi connectivity index (χ2n) is 2.17. The third kappa shape index (κ3) is 6.33. The zero-order valence-corrected chi connectivity index (χ0v) is 9.04. The third-order valence-corrected chi connectivity index (χ3v) is 1.48. The first-order valence-corrected chi connectivity index (χ1v) is 4.54. The topological polar surface area (TPSA) is 52.6 Å². The summed E-state index contributed by atoms with van der Waals surface area (Å²) in [5, 5.41) is 0. The molecule has 4 nitrogen and oxygen atoms in total. The summed E-state index contributed by atoms with van der Waals surface area (Å²) in [6.07, 6.45) is 2.62. The number of hydrogen-bond acceptors (Lipinski definition) is 4. The minimum Gasteiger partial charge on any atom is -0.466 e. The van der Waals surface area contributed by atoms with Crippen LogP contribution in [0.4, 0.5) is 0 Å². The van der Waals surface area contributed by atoms with E-state index in [1.54, 1.807) is 6.92 Å². The quantitative estimate of drug-likeness (QED) is 0.425. The summed E-state index contributed by atoms with van der Waals surface area (Å²) >= 11 is 3.04. The highest BCUT2D eigenvalue weighted by Crippen LogP contribution is 1.99. The molecule has 0 aromatic carbocycles. The minimum atomic E-state index is -0.470. The molecule has 0 radical (unpaired) electrons. The first-order chi connectivity index (χ1) is 6.07. The Labute approximate surface area is 85.0 Å². The number of carbonyl (C=O) groups excluding carboxylic acids is 2. The third-order valence-electron chi connectivity index (χ3n) is 1.10. The zero-order chi connectivity index (χ0) is 10.3. The summed E-state index contributed by atoms with van der Waals surface area (Å²) < 4.78 is 9.05. The Hall–Kier alpha value is -0.840. The largest absolute Gasteiger partial charge is 0.466 e. The molecule has 0 aromatic rings. The fourth-order valence-corrected chi connectivity index (χ4v) is 0.590. The van der Waals surface area contributed by atoms with Crippen molar-refractivity contribution in [3.05, 3.63) is 12.2 Å². The number of esters is 2. The van der Waals surface area contributed by atoms with Gasteiger partial charge in [0.25, 0.3) is 0 Å². The number of halogens is 1. The SMILES string of the molecule is COC(=O)/C=C/COC(=O)[C@H](C)Br. The van der Waals surface area contributed by atoms with Crippen LogP contribution in [0.25, 0.3) is 0 Å². The Morgan fingerprint density at radius 2 is 2.15 bits per heavy atom. The Morgan fingerprint density at radius 1 is 1.54 bits per heavy atom. The highest BCUT2D eigenvalue weighted by Gasteiger charge is 2.08. The van der Waals surface area contributed by atoms with Gasteiger partial charge < -0.3 is 9.47 Å². The average molecular weight is 251 g/mol. The van der Waals surface area contributed by atoms with Gasteiger partial charge in [-0.15, -0.1) is 0 Å². The highest BCUT2D eigenvalue weighted by molar-refractivity contribution is 9.10. The highest BCUT2D eigenvalue weighted by atomic mass is 79.9. The van der Waals surface area contributed by atoms with Crippen LogP contribution >= 0.6 is 15.9 Å². The van der Waals surface area contributed by atoms with Crippen molar-refractivity contribution < 1.29 is 19.1 Å². The summed E-state index contributed by atoms with van der Waals surface area (Å²) in [5.41, 5.74) is 0. The number of carbonyl (C=O) groups is 2. The standard InChI is InChI=1S/C8H11BrO4/c1-6(9)8(11)13-5-3-4-7(10)12-2/h3-4,6H,5H2,1-2H3/b4-3+/t6-/m0/s1. The van der Waals surface area contributed by atoms with Crippen LogP contribution in [-0.4, -0.2) is 30.5 Å². The van der Waals surface area contributed by atoms with Crippen molar-refractivity contribution in [2.45, 2.75) is 11.8 Å². The lowest BCUT2D eigenvalue weighted by atomic mass is 10.5. The van der Waals surface area contributed by atoms with Crippen LogP contribution < -0.4 is 0 Å². The van der Waals surface area contributed by atoms with Crippen molar-refractivity contribution in [3.63, 3.8) is 0 Å². The van der Waals surface area contributed by atoms with Gasteiger partial charge in [0.15, 0.2) is 0 Å². The van der Waals surface area contributed by atoms with Gasteiger partial charge in [0.05, 0.1) is 7.11 Å². The Bertz CT molecular complexity index is 210. The van der Waals surface area contributed by atoms with E-state index in [1.807, 2.05) is 0 Å². The number of ether oxygens (including phenoxy) is 2. The lowest BCUT2D eigenvalue weighted by molar-refractivity contribution is -0.141. The van der Waals surface area contributed by atoms with Crippen molar-refractivity contribution in [2.75, 3.05) is 13.7 Å². The summed E-state index contributed by atoms with van der Waals surface area (Å²) in [6, 6.07) is 0. The molecule has 0 unspecified atom stereocenters. The van der Waals surface area contributed by atoms with E-state index in [0.717, 1.165) is 0 Å². The van der Waals surface area contributed by atoms with E-state index in [4.69, 9.17) is 4.74 Å². The van der Waals surface area contributed by atoms with E-state index in [0.29, 0.717) is 0 Å². The van der Waals surface area contributed by atoms with Gasteiger partial charge in [-0.1, -0.05) is 15.9 Å². The summed E-state index contributed by atoms with van der Waals surface area (Å²) in [4.78, 5) is 21.0. The lowest BCUT2D eigenvalue weighted by Crippen LogP contribution is -2.13. The first kappa shape index (κ1) is 12.2. The summed E-state index contributed by atoms with van der Waals surface area (Å²) in [5.74, 6) is -0.836. The van der Waals surface area contributed by atoms with Gasteiger partial charge in [-0.2, -0.15) is 0 Å². The van der Waals surface area contributed by atoms with Crippen LogP contribution in [-0.2, 0) is 19.1 Å². The van der Waals surface area contributed by atoms with Gasteiger partial charge in [0, 0.05) is 6.08 Å². The fraction of sp³-hybridized carbons (Fsp3) is 0.500. The second-order valence-corrected chi connectivity index (χ2v) is 3.55. The van der Waals surface area contributed by atoms with E-state index in [9.17, 15) is 9.59 Å². The van der Waals surface area contributed by atoms with Crippen LogP contribution in [0.3, 0.4) is 0 Å². The van der Waals surface area contributed by atoms with Crippen molar-refractivity contribution in [1.82, 2.24) is 0 Å². The van der Waals surface area contributed by atoms with Crippen LogP contribution in [0.5, 0.6) is 0 Å². The molecule has 74 valence electrons. The van der Waals surface area contributed by atoms with Gasteiger partial charge >= 0.3 is 11.9 Å². The van der Waals surface area contributed by atoms with Gasteiger partial charge in [0.1, 0.15) is 11.4 Å². The Kier molecular flexibility index (Phi) is 6.22. The molecule has 0 N–H and O–H groups in total. The van der Waals surface area contributed by atoms with Gasteiger partial charge in [-0.3, -0.25) is 4.79 Å². The van der Waals surface area contributed by atoms with E-state index in [1.165, 1.54) is 19.3 Å². The summed E-state index contributed by atoms with van der Waals surface area (Å²) in [6.45, 7) is 1.73. The van der Waals surface area contributed by atoms with Gasteiger partial charge in [0.2, 0.25) is 0 Å². The Morgan fingerprint density at radius 3 is 2.62 bits per heavy atom. The maximum atomic E-state index is 10.8. The molecule has 0 fully saturated rings. The molecule has 0 saturated heterocycles. The van der Waals surface area contributed by atoms with Crippen molar-refractivity contribution in [1.29, 1.82) is 0 Å². The maximum absolute atomic E-state index is 10.8. The molecule has 0 spiro atoms. The molecule has 0 rings (SSSR count). The molecule has 0 heterocycles. The molecule has 1 atom stereocenters. The lowest BCUT2D eigenvalue weighted by Gasteiger charge is -2.01. The van der Waals surface area contributed by atoms with Crippen LogP contribution in [0.1, 0.15) is 6.92 Å². The monoisotopic (exact) mass is 250 g/mol. The molecule has 5 heteroatoms. The summed E-state index contributed by atoms with van der Waals surface area (Å²) in [7, 11) is 1.28. The van der Waals surface area contributed by atoms with E-state index >= 15 is 0 Å². The van der Waals surface area contributed by atoms with Crippen LogP contribution in [0.15, 0.2) is 12.2 Å². The van der Waals surface area contributed by atoms with Crippen LogP contribution in [0.2, 0.25) is 0 Å². The van der Waals surface area contributed by atoms with Gasteiger partial charge in [-0.05, 0) is 13.0 Å². The molecule has 0 aliphatic heterocycles. The molecule has 0 aliphatic rings. The zero-order valence-electron chi connectivity index (χ0n) is 7.45. The fourth-order valence-electron chi connectivity index (χ4n) is 0.457. The predicted octanol–water partition coefficient (Wildman–Crippen LogP) is 1.04. The molecule has 0 aliphatic carbocycles. The number of methoxy groups -OCH3 is 1. The second kappa shape index (κ2) is 6.65. The minimum absolute atomic E-state index is 0.0733. The van der Waals surface area contributed by atoms with Crippen molar-refractivity contribution >= 4 is 27.9 Å². The number of rotatable bonds is 4. The first-order valence-electron chi connectivity index (χ1n) is 3.63. The number of hydrogen-bond donors (Lipinski definition) is 0. The number of alkyl halides is 1. The molecule has 0 aromatic heterocycles. The van der Waals surface area contributed by atoms with Gasteiger partial charge in [-0.25, -0.2) is 4.79 Å². The van der Waals surface area contributed by atoms with E-state index in [2.05, 4.69) is 20.7 Å². The van der Waals surface area contributed by atoms with Crippen molar-refractivity contribution in [3.8, 4) is 0 Å². The molecule has 0 amide bonds. The van der Waals surface area contributed by atoms with E-state index < -0.39 is 5.97 Å². The Balaban J connectivity index is 3.62. The normalized spacial score (nSPS) is 12.5. The molecule has 13 heavy (non-hydrogen) atoms. The molecular weight excluding hydrogens is 240 g/mol. The van der Waals surface area contributed by atoms with E-state index in [-0.39, 0.29) is 17.4 Å². The molecule has 0 saturated carbocycles. The average Bonchev–Trinajstić information content (AvgIpc) is 2.11.